The molecule has 226 valence electrons. The second kappa shape index (κ2) is 11.3. The van der Waals surface area contributed by atoms with Crippen molar-refractivity contribution in [3.8, 4) is 23.3 Å². The molecule has 2 unspecified atom stereocenters. The summed E-state index contributed by atoms with van der Waals surface area (Å²) in [5.41, 5.74) is 0.224. The molecular weight excluding hydrogens is 592 g/mol. The Morgan fingerprint density at radius 3 is 2.75 bits per heavy atom. The van der Waals surface area contributed by atoms with E-state index in [2.05, 4.69) is 25.9 Å². The molecule has 5 heterocycles. The summed E-state index contributed by atoms with van der Waals surface area (Å²) < 4.78 is 37.2. The zero-order valence-electron chi connectivity index (χ0n) is 23.6. The summed E-state index contributed by atoms with van der Waals surface area (Å²) in [6, 6.07) is 9.62. The number of piperazine rings is 1. The minimum absolute atomic E-state index is 0.00739. The Morgan fingerprint density at radius 1 is 1.14 bits per heavy atom. The fraction of sp³-hybridized carbons (Fsp3) is 0.387. The van der Waals surface area contributed by atoms with Gasteiger partial charge < -0.3 is 19.6 Å². The molecule has 7 rings (SSSR count). The Kier molecular flexibility index (Phi) is 7.30. The van der Waals surface area contributed by atoms with Gasteiger partial charge in [-0.25, -0.2) is 13.6 Å². The van der Waals surface area contributed by atoms with E-state index in [4.69, 9.17) is 16.3 Å². The zero-order chi connectivity index (χ0) is 30.5. The van der Waals surface area contributed by atoms with Crippen LogP contribution < -0.4 is 9.64 Å². The van der Waals surface area contributed by atoms with Crippen LogP contribution in [0.1, 0.15) is 19.3 Å². The molecular formula is C31H28ClF2N7O3. The molecule has 3 aliphatic heterocycles. The molecule has 2 bridgehead atoms. The summed E-state index contributed by atoms with van der Waals surface area (Å²) in [6.45, 7) is 2.99. The van der Waals surface area contributed by atoms with Crippen LogP contribution in [0.5, 0.6) is 6.01 Å². The molecule has 3 saturated heterocycles. The number of piperidine rings is 1. The van der Waals surface area contributed by atoms with E-state index >= 15 is 4.39 Å². The number of aromatic nitrogens is 3. The van der Waals surface area contributed by atoms with Gasteiger partial charge in [0.15, 0.2) is 5.82 Å². The zero-order valence-corrected chi connectivity index (χ0v) is 24.3. The summed E-state index contributed by atoms with van der Waals surface area (Å²) in [6.07, 6.45) is 2.55. The van der Waals surface area contributed by atoms with E-state index < -0.39 is 23.8 Å². The number of carboxylic acid groups (broad SMARTS) is 1. The number of halogens is 3. The number of amides is 1. The van der Waals surface area contributed by atoms with Gasteiger partial charge in [-0.3, -0.25) is 9.88 Å². The number of hydrogen-bond acceptors (Lipinski definition) is 8. The van der Waals surface area contributed by atoms with Gasteiger partial charge in [-0.15, -0.1) is 0 Å². The first-order chi connectivity index (χ1) is 21.3. The van der Waals surface area contributed by atoms with Gasteiger partial charge in [0.25, 0.3) is 0 Å². The third kappa shape index (κ3) is 4.90. The van der Waals surface area contributed by atoms with Gasteiger partial charge in [0.2, 0.25) is 0 Å². The third-order valence-corrected chi connectivity index (χ3v) is 9.40. The van der Waals surface area contributed by atoms with E-state index in [1.54, 1.807) is 24.3 Å². The predicted molar refractivity (Wildman–Crippen MR) is 160 cm³/mol. The fourth-order valence-corrected chi connectivity index (χ4v) is 7.14. The highest BCUT2D eigenvalue weighted by molar-refractivity contribution is 6.36. The molecule has 4 atom stereocenters. The summed E-state index contributed by atoms with van der Waals surface area (Å²) in [4.78, 5) is 30.9. The average Bonchev–Trinajstić information content (AvgIpc) is 3.66. The lowest BCUT2D eigenvalue weighted by Crippen LogP contribution is -2.55. The maximum Gasteiger partial charge on any atom is 0.407 e. The first-order valence-electron chi connectivity index (χ1n) is 14.5. The van der Waals surface area contributed by atoms with Crippen molar-refractivity contribution in [1.82, 2.24) is 24.8 Å². The second-order valence-electron chi connectivity index (χ2n) is 11.6. The van der Waals surface area contributed by atoms with Gasteiger partial charge in [0, 0.05) is 49.4 Å². The number of benzene rings is 2. The molecule has 1 amide bonds. The first kappa shape index (κ1) is 28.4. The van der Waals surface area contributed by atoms with Crippen molar-refractivity contribution >= 4 is 45.2 Å². The summed E-state index contributed by atoms with van der Waals surface area (Å²) in [7, 11) is 0. The topological polar surface area (TPSA) is 119 Å². The van der Waals surface area contributed by atoms with Crippen LogP contribution in [0.3, 0.4) is 0 Å². The Balaban J connectivity index is 1.33. The highest BCUT2D eigenvalue weighted by Gasteiger charge is 2.38. The van der Waals surface area contributed by atoms with Crippen LogP contribution in [0.25, 0.3) is 32.9 Å². The lowest BCUT2D eigenvalue weighted by atomic mass is 10.0. The highest BCUT2D eigenvalue weighted by Crippen LogP contribution is 2.39. The molecule has 13 heteroatoms. The SMILES string of the molecule is N#CC[C@H]1CN(c2nc(OC[C@@H]3CC4CCN3C4)nc3c(F)c(-c4cccc5ccc(F)c(Cl)c45)ncc23)CCN1C(=O)O. The molecule has 1 N–H and O–H groups in total. The maximum atomic E-state index is 16.6. The van der Waals surface area contributed by atoms with Crippen molar-refractivity contribution in [2.75, 3.05) is 44.2 Å². The van der Waals surface area contributed by atoms with Crippen molar-refractivity contribution in [1.29, 1.82) is 5.26 Å². The van der Waals surface area contributed by atoms with Gasteiger partial charge in [-0.1, -0.05) is 35.9 Å². The average molecular weight is 620 g/mol. The molecule has 10 nitrogen and oxygen atoms in total. The maximum absolute atomic E-state index is 16.6. The first-order valence-corrected chi connectivity index (χ1v) is 14.9. The van der Waals surface area contributed by atoms with Crippen LogP contribution in [0, 0.1) is 28.9 Å². The molecule has 3 fully saturated rings. The van der Waals surface area contributed by atoms with Crippen molar-refractivity contribution in [2.24, 2.45) is 5.92 Å². The van der Waals surface area contributed by atoms with E-state index in [0.717, 1.165) is 19.5 Å². The lowest BCUT2D eigenvalue weighted by Gasteiger charge is -2.39. The minimum Gasteiger partial charge on any atom is -0.465 e. The minimum atomic E-state index is -1.11. The van der Waals surface area contributed by atoms with Crippen LogP contribution in [0.2, 0.25) is 5.02 Å². The molecule has 3 aliphatic rings. The van der Waals surface area contributed by atoms with E-state index in [1.165, 1.54) is 23.6 Å². The number of rotatable bonds is 6. The predicted octanol–water partition coefficient (Wildman–Crippen LogP) is 5.33. The Labute approximate surface area is 256 Å². The number of carbonyl (C=O) groups is 1. The van der Waals surface area contributed by atoms with E-state index in [9.17, 15) is 19.6 Å². The number of fused-ring (bicyclic) bond motifs is 4. The van der Waals surface area contributed by atoms with E-state index in [-0.39, 0.29) is 54.3 Å². The molecule has 0 spiro atoms. The van der Waals surface area contributed by atoms with Crippen LogP contribution in [0.4, 0.5) is 19.4 Å². The number of ether oxygens (including phenoxy) is 1. The molecule has 4 aromatic rings. The number of nitrogens with zero attached hydrogens (tertiary/aromatic N) is 7. The van der Waals surface area contributed by atoms with Crippen LogP contribution in [-0.2, 0) is 0 Å². The fourth-order valence-electron chi connectivity index (χ4n) is 6.87. The van der Waals surface area contributed by atoms with Crippen LogP contribution >= 0.6 is 11.6 Å². The largest absolute Gasteiger partial charge is 0.465 e. The Bertz CT molecular complexity index is 1840. The summed E-state index contributed by atoms with van der Waals surface area (Å²) in [5, 5.41) is 20.2. The van der Waals surface area contributed by atoms with Gasteiger partial charge in [-0.05, 0) is 36.8 Å². The van der Waals surface area contributed by atoms with Crippen LogP contribution in [0.15, 0.2) is 36.5 Å². The second-order valence-corrected chi connectivity index (χ2v) is 11.9. The molecule has 0 aliphatic carbocycles. The molecule has 2 aromatic heterocycles. The molecule has 2 aromatic carbocycles. The summed E-state index contributed by atoms with van der Waals surface area (Å²) >= 11 is 6.36. The Morgan fingerprint density at radius 2 is 2.00 bits per heavy atom. The number of anilines is 1. The van der Waals surface area contributed by atoms with Gasteiger partial charge in [0.05, 0.1) is 28.9 Å². The third-order valence-electron chi connectivity index (χ3n) is 9.03. The van der Waals surface area contributed by atoms with Crippen molar-refractivity contribution in [3.63, 3.8) is 0 Å². The van der Waals surface area contributed by atoms with Crippen molar-refractivity contribution < 1.29 is 23.4 Å². The number of hydrogen-bond donors (Lipinski definition) is 1. The molecule has 0 radical (unpaired) electrons. The monoisotopic (exact) mass is 619 g/mol. The summed E-state index contributed by atoms with van der Waals surface area (Å²) in [5.74, 6) is -0.379. The molecule has 44 heavy (non-hydrogen) atoms. The van der Waals surface area contributed by atoms with Crippen LogP contribution in [-0.4, -0.2) is 87.4 Å². The van der Waals surface area contributed by atoms with Gasteiger partial charge in [-0.2, -0.15) is 15.2 Å². The number of nitriles is 1. The van der Waals surface area contributed by atoms with E-state index in [0.29, 0.717) is 40.1 Å². The molecule has 0 saturated carbocycles. The number of pyridine rings is 1. The smallest absolute Gasteiger partial charge is 0.407 e. The van der Waals surface area contributed by atoms with E-state index in [1.807, 2.05) is 4.90 Å². The normalized spacial score (nSPS) is 23.0. The van der Waals surface area contributed by atoms with Gasteiger partial charge >= 0.3 is 12.1 Å². The Hall–Kier alpha value is -4.34. The van der Waals surface area contributed by atoms with Gasteiger partial charge in [0.1, 0.15) is 29.5 Å². The van der Waals surface area contributed by atoms with Crippen molar-refractivity contribution in [3.05, 3.63) is 53.2 Å². The lowest BCUT2D eigenvalue weighted by molar-refractivity contribution is 0.119. The standard InChI is InChI=1S/C31H28ClF2N7O3/c32-25-23(33)5-4-18-2-1-3-21(24(18)25)27-26(34)28-22(13-36-27)29(40-10-11-41(31(42)43)19(15-40)6-8-35)38-30(37-28)44-16-20-12-17-7-9-39(20)14-17/h1-5,13,17,19-20H,6-7,9-12,14-16H2,(H,42,43)/t17?,19-,20-/m0/s1. The quantitative estimate of drug-likeness (QED) is 0.305. The highest BCUT2D eigenvalue weighted by atomic mass is 35.5. The van der Waals surface area contributed by atoms with Crippen molar-refractivity contribution in [2.45, 2.75) is 31.3 Å².